The van der Waals surface area contributed by atoms with Gasteiger partial charge in [-0.15, -0.1) is 0 Å². The third-order valence-electron chi connectivity index (χ3n) is 3.55. The molecule has 0 amide bonds. The first-order chi connectivity index (χ1) is 9.65. The van der Waals surface area contributed by atoms with Crippen molar-refractivity contribution in [1.29, 1.82) is 0 Å². The number of aromatic nitrogens is 1. The Bertz CT molecular complexity index is 617. The van der Waals surface area contributed by atoms with Crippen LogP contribution in [0.15, 0.2) is 30.3 Å². The van der Waals surface area contributed by atoms with Crippen molar-refractivity contribution < 1.29 is 9.84 Å². The number of nitrogens with zero attached hydrogens (tertiary/aromatic N) is 2. The van der Waals surface area contributed by atoms with Crippen LogP contribution in [0.3, 0.4) is 0 Å². The zero-order valence-electron chi connectivity index (χ0n) is 11.5. The monoisotopic (exact) mass is 273 g/mol. The number of pyridine rings is 1. The van der Waals surface area contributed by atoms with E-state index in [2.05, 4.69) is 9.88 Å². The van der Waals surface area contributed by atoms with Crippen molar-refractivity contribution in [3.63, 3.8) is 0 Å². The summed E-state index contributed by atoms with van der Waals surface area (Å²) >= 11 is 0. The molecule has 106 valence electrons. The number of nitrogens with two attached hydrogens (primary N) is 1. The molecule has 1 fully saturated rings. The third kappa shape index (κ3) is 2.55. The second-order valence-electron chi connectivity index (χ2n) is 5.28. The first kappa shape index (κ1) is 13.1. The van der Waals surface area contributed by atoms with Gasteiger partial charge in [0.15, 0.2) is 0 Å². The molecule has 0 radical (unpaired) electrons. The smallest absolute Gasteiger partial charge is 0.129 e. The SMILES string of the molecule is CC1CN(c2ccc3cc(N)ccc3n2)CC(CO)O1. The second kappa shape index (κ2) is 5.26. The van der Waals surface area contributed by atoms with Gasteiger partial charge in [-0.05, 0) is 37.3 Å². The zero-order valence-corrected chi connectivity index (χ0v) is 11.5. The Morgan fingerprint density at radius 1 is 1.35 bits per heavy atom. The van der Waals surface area contributed by atoms with E-state index in [1.54, 1.807) is 0 Å². The molecule has 2 atom stereocenters. The van der Waals surface area contributed by atoms with Crippen LogP contribution >= 0.6 is 0 Å². The maximum atomic E-state index is 9.29. The molecule has 0 bridgehead atoms. The Morgan fingerprint density at radius 2 is 2.20 bits per heavy atom. The Balaban J connectivity index is 1.91. The highest BCUT2D eigenvalue weighted by Crippen LogP contribution is 2.23. The fourth-order valence-corrected chi connectivity index (χ4v) is 2.64. The lowest BCUT2D eigenvalue weighted by Crippen LogP contribution is -2.48. The summed E-state index contributed by atoms with van der Waals surface area (Å²) in [5, 5.41) is 10.3. The minimum absolute atomic E-state index is 0.0327. The van der Waals surface area contributed by atoms with E-state index in [4.69, 9.17) is 10.5 Å². The molecule has 1 aromatic carbocycles. The minimum atomic E-state index is -0.150. The van der Waals surface area contributed by atoms with Gasteiger partial charge in [0, 0.05) is 24.2 Å². The zero-order chi connectivity index (χ0) is 14.1. The molecular weight excluding hydrogens is 254 g/mol. The number of morpholine rings is 1. The van der Waals surface area contributed by atoms with Gasteiger partial charge in [0.1, 0.15) is 5.82 Å². The molecule has 20 heavy (non-hydrogen) atoms. The standard InChI is InChI=1S/C15H19N3O2/c1-10-7-18(8-13(9-19)20-10)15-5-2-11-6-12(16)3-4-14(11)17-15/h2-6,10,13,19H,7-9,16H2,1H3. The quantitative estimate of drug-likeness (QED) is 0.809. The van der Waals surface area contributed by atoms with Crippen LogP contribution in [0.1, 0.15) is 6.92 Å². The number of ether oxygens (including phenoxy) is 1. The maximum absolute atomic E-state index is 9.29. The number of anilines is 2. The number of hydrogen-bond donors (Lipinski definition) is 2. The molecule has 0 spiro atoms. The van der Waals surface area contributed by atoms with E-state index in [0.29, 0.717) is 6.54 Å². The molecule has 3 N–H and O–H groups in total. The predicted octanol–water partition coefficient (Wildman–Crippen LogP) is 1.40. The highest BCUT2D eigenvalue weighted by Gasteiger charge is 2.25. The van der Waals surface area contributed by atoms with Crippen molar-refractivity contribution in [2.75, 3.05) is 30.3 Å². The molecule has 1 aliphatic rings. The van der Waals surface area contributed by atoms with Crippen LogP contribution in [0.5, 0.6) is 0 Å². The van der Waals surface area contributed by atoms with Crippen molar-refractivity contribution in [3.8, 4) is 0 Å². The molecule has 0 saturated carbocycles. The molecule has 1 aliphatic heterocycles. The molecule has 2 heterocycles. The summed E-state index contributed by atoms with van der Waals surface area (Å²) in [5.74, 6) is 0.913. The van der Waals surface area contributed by atoms with E-state index < -0.39 is 0 Å². The fourth-order valence-electron chi connectivity index (χ4n) is 2.64. The fraction of sp³-hybridized carbons (Fsp3) is 0.400. The van der Waals surface area contributed by atoms with E-state index in [1.807, 2.05) is 37.3 Å². The van der Waals surface area contributed by atoms with Crippen molar-refractivity contribution >= 4 is 22.4 Å². The van der Waals surface area contributed by atoms with Crippen LogP contribution in [-0.2, 0) is 4.74 Å². The minimum Gasteiger partial charge on any atom is -0.399 e. The van der Waals surface area contributed by atoms with Gasteiger partial charge < -0.3 is 20.5 Å². The first-order valence-electron chi connectivity index (χ1n) is 6.83. The summed E-state index contributed by atoms with van der Waals surface area (Å²) in [6, 6.07) is 9.74. The van der Waals surface area contributed by atoms with Crippen molar-refractivity contribution in [3.05, 3.63) is 30.3 Å². The van der Waals surface area contributed by atoms with Gasteiger partial charge in [-0.25, -0.2) is 4.98 Å². The summed E-state index contributed by atoms with van der Waals surface area (Å²) in [5.41, 5.74) is 7.45. The van der Waals surface area contributed by atoms with E-state index in [0.717, 1.165) is 29.0 Å². The van der Waals surface area contributed by atoms with Crippen LogP contribution < -0.4 is 10.6 Å². The van der Waals surface area contributed by atoms with Crippen molar-refractivity contribution in [1.82, 2.24) is 4.98 Å². The number of aliphatic hydroxyl groups is 1. The third-order valence-corrected chi connectivity index (χ3v) is 3.55. The molecule has 0 aliphatic carbocycles. The Kier molecular flexibility index (Phi) is 3.46. The molecule has 5 nitrogen and oxygen atoms in total. The topological polar surface area (TPSA) is 71.6 Å². The van der Waals surface area contributed by atoms with Crippen molar-refractivity contribution in [2.24, 2.45) is 0 Å². The van der Waals surface area contributed by atoms with Crippen LogP contribution in [0.2, 0.25) is 0 Å². The number of hydrogen-bond acceptors (Lipinski definition) is 5. The summed E-state index contributed by atoms with van der Waals surface area (Å²) in [6.07, 6.45) is -0.0625. The lowest BCUT2D eigenvalue weighted by atomic mass is 10.2. The number of nitrogen functional groups attached to an aromatic ring is 1. The van der Waals surface area contributed by atoms with Gasteiger partial charge in [0.05, 0.1) is 24.3 Å². The highest BCUT2D eigenvalue weighted by atomic mass is 16.5. The van der Waals surface area contributed by atoms with Crippen LogP contribution in [0, 0.1) is 0 Å². The van der Waals surface area contributed by atoms with Gasteiger partial charge in [-0.2, -0.15) is 0 Å². The Morgan fingerprint density at radius 3 is 3.00 bits per heavy atom. The number of fused-ring (bicyclic) bond motifs is 1. The summed E-state index contributed by atoms with van der Waals surface area (Å²) < 4.78 is 5.65. The molecule has 5 heteroatoms. The van der Waals surface area contributed by atoms with Crippen LogP contribution in [-0.4, -0.2) is 42.0 Å². The highest BCUT2D eigenvalue weighted by molar-refractivity contribution is 5.83. The Hall–Kier alpha value is -1.85. The lowest BCUT2D eigenvalue weighted by molar-refractivity contribution is -0.0422. The summed E-state index contributed by atoms with van der Waals surface area (Å²) in [7, 11) is 0. The summed E-state index contributed by atoms with van der Waals surface area (Å²) in [6.45, 7) is 3.49. The molecule has 3 rings (SSSR count). The van der Waals surface area contributed by atoms with E-state index in [1.165, 1.54) is 0 Å². The number of benzene rings is 1. The average Bonchev–Trinajstić information content (AvgIpc) is 2.46. The number of aliphatic hydroxyl groups excluding tert-OH is 1. The van der Waals surface area contributed by atoms with E-state index in [-0.39, 0.29) is 18.8 Å². The lowest BCUT2D eigenvalue weighted by Gasteiger charge is -2.36. The largest absolute Gasteiger partial charge is 0.399 e. The van der Waals surface area contributed by atoms with Gasteiger partial charge in [0.2, 0.25) is 0 Å². The maximum Gasteiger partial charge on any atom is 0.129 e. The van der Waals surface area contributed by atoms with Crippen LogP contribution in [0.4, 0.5) is 11.5 Å². The molecule has 1 saturated heterocycles. The molecule has 2 unspecified atom stereocenters. The molecule has 2 aromatic rings. The van der Waals surface area contributed by atoms with Gasteiger partial charge >= 0.3 is 0 Å². The first-order valence-corrected chi connectivity index (χ1v) is 6.83. The summed E-state index contributed by atoms with van der Waals surface area (Å²) in [4.78, 5) is 6.83. The van der Waals surface area contributed by atoms with E-state index in [9.17, 15) is 5.11 Å². The predicted molar refractivity (Wildman–Crippen MR) is 79.8 cm³/mol. The van der Waals surface area contributed by atoms with Gasteiger partial charge in [-0.1, -0.05) is 0 Å². The van der Waals surface area contributed by atoms with E-state index >= 15 is 0 Å². The molecule has 1 aromatic heterocycles. The number of rotatable bonds is 2. The normalized spacial score (nSPS) is 23.2. The van der Waals surface area contributed by atoms with Crippen molar-refractivity contribution in [2.45, 2.75) is 19.1 Å². The second-order valence-corrected chi connectivity index (χ2v) is 5.28. The van der Waals surface area contributed by atoms with Gasteiger partial charge in [-0.3, -0.25) is 0 Å². The Labute approximate surface area is 118 Å². The van der Waals surface area contributed by atoms with Gasteiger partial charge in [0.25, 0.3) is 0 Å². The average molecular weight is 273 g/mol. The molecular formula is C15H19N3O2. The van der Waals surface area contributed by atoms with Crippen LogP contribution in [0.25, 0.3) is 10.9 Å².